The topological polar surface area (TPSA) is 47.3 Å². The molecule has 0 spiro atoms. The first-order valence-corrected chi connectivity index (χ1v) is 8.03. The Balaban J connectivity index is 2.00. The van der Waals surface area contributed by atoms with E-state index in [4.69, 9.17) is 9.84 Å². The van der Waals surface area contributed by atoms with Crippen LogP contribution in [-0.2, 0) is 13.2 Å². The highest BCUT2D eigenvalue weighted by molar-refractivity contribution is 9.10. The molecule has 1 N–H and O–H groups in total. The molecule has 0 radical (unpaired) electrons. The van der Waals surface area contributed by atoms with Crippen molar-refractivity contribution in [1.29, 1.82) is 0 Å². The Morgan fingerprint density at radius 1 is 1.29 bits per heavy atom. The Labute approximate surface area is 133 Å². The van der Waals surface area contributed by atoms with Crippen LogP contribution in [0.15, 0.2) is 34.9 Å². The molecule has 2 aromatic rings. The van der Waals surface area contributed by atoms with Gasteiger partial charge in [0, 0.05) is 6.20 Å². The van der Waals surface area contributed by atoms with Crippen LogP contribution in [0.3, 0.4) is 0 Å². The number of benzene rings is 1. The molecule has 0 aliphatic rings. The standard InChI is InChI=1S/C16H21BrN2O2/c1-3-14(4-2)19-8-7-13(18-19)11-21-16-6-5-12(10-20)9-15(16)17/h5-9,14,20H,3-4,10-11H2,1-2H3. The molecule has 0 saturated heterocycles. The van der Waals surface area contributed by atoms with E-state index < -0.39 is 0 Å². The maximum atomic E-state index is 9.09. The molecule has 0 aliphatic carbocycles. The largest absolute Gasteiger partial charge is 0.486 e. The average molecular weight is 353 g/mol. The van der Waals surface area contributed by atoms with Gasteiger partial charge in [-0.1, -0.05) is 19.9 Å². The Morgan fingerprint density at radius 3 is 2.67 bits per heavy atom. The van der Waals surface area contributed by atoms with Gasteiger partial charge in [0.1, 0.15) is 12.4 Å². The molecular weight excluding hydrogens is 332 g/mol. The molecule has 2 rings (SSSR count). The molecule has 0 bridgehead atoms. The van der Waals surface area contributed by atoms with E-state index in [0.717, 1.165) is 34.3 Å². The predicted octanol–water partition coefficient (Wildman–Crippen LogP) is 4.08. The second-order valence-corrected chi connectivity index (χ2v) is 5.82. The van der Waals surface area contributed by atoms with Gasteiger partial charge in [-0.15, -0.1) is 0 Å². The first kappa shape index (κ1) is 16.0. The van der Waals surface area contributed by atoms with Gasteiger partial charge < -0.3 is 9.84 Å². The van der Waals surface area contributed by atoms with Crippen LogP contribution in [0.4, 0.5) is 0 Å². The highest BCUT2D eigenvalue weighted by atomic mass is 79.9. The van der Waals surface area contributed by atoms with Crippen molar-refractivity contribution in [2.75, 3.05) is 0 Å². The van der Waals surface area contributed by atoms with Gasteiger partial charge in [0.05, 0.1) is 22.8 Å². The highest BCUT2D eigenvalue weighted by Crippen LogP contribution is 2.26. The molecule has 5 heteroatoms. The molecule has 1 aromatic carbocycles. The number of ether oxygens (including phenoxy) is 1. The van der Waals surface area contributed by atoms with E-state index >= 15 is 0 Å². The smallest absolute Gasteiger partial charge is 0.134 e. The molecule has 1 heterocycles. The highest BCUT2D eigenvalue weighted by Gasteiger charge is 2.09. The lowest BCUT2D eigenvalue weighted by atomic mass is 10.2. The molecule has 0 aliphatic heterocycles. The van der Waals surface area contributed by atoms with Crippen molar-refractivity contribution in [3.63, 3.8) is 0 Å². The molecule has 114 valence electrons. The number of rotatable bonds is 7. The van der Waals surface area contributed by atoms with E-state index in [0.29, 0.717) is 12.6 Å². The summed E-state index contributed by atoms with van der Waals surface area (Å²) in [7, 11) is 0. The average Bonchev–Trinajstić information content (AvgIpc) is 2.96. The second-order valence-electron chi connectivity index (χ2n) is 4.97. The summed E-state index contributed by atoms with van der Waals surface area (Å²) in [6.07, 6.45) is 4.17. The Bertz CT molecular complexity index is 579. The van der Waals surface area contributed by atoms with Gasteiger partial charge in [-0.25, -0.2) is 0 Å². The van der Waals surface area contributed by atoms with Crippen LogP contribution in [0.2, 0.25) is 0 Å². The Morgan fingerprint density at radius 2 is 2.05 bits per heavy atom. The van der Waals surface area contributed by atoms with Crippen molar-refractivity contribution in [2.24, 2.45) is 0 Å². The maximum Gasteiger partial charge on any atom is 0.134 e. The monoisotopic (exact) mass is 352 g/mol. The minimum absolute atomic E-state index is 0.0265. The summed E-state index contributed by atoms with van der Waals surface area (Å²) in [5.41, 5.74) is 1.77. The van der Waals surface area contributed by atoms with Gasteiger partial charge in [-0.2, -0.15) is 5.10 Å². The number of hydrogen-bond donors (Lipinski definition) is 1. The molecule has 1 aromatic heterocycles. The van der Waals surface area contributed by atoms with Crippen LogP contribution in [0.1, 0.15) is 44.0 Å². The zero-order chi connectivity index (χ0) is 15.2. The lowest BCUT2D eigenvalue weighted by molar-refractivity contribution is 0.280. The van der Waals surface area contributed by atoms with Crippen molar-refractivity contribution in [2.45, 2.75) is 45.9 Å². The third kappa shape index (κ3) is 4.08. The first-order valence-electron chi connectivity index (χ1n) is 7.24. The third-order valence-electron chi connectivity index (χ3n) is 3.53. The summed E-state index contributed by atoms with van der Waals surface area (Å²) in [6, 6.07) is 8.01. The molecule has 4 nitrogen and oxygen atoms in total. The summed E-state index contributed by atoms with van der Waals surface area (Å²) in [4.78, 5) is 0. The lowest BCUT2D eigenvalue weighted by Gasteiger charge is -2.12. The molecule has 0 amide bonds. The van der Waals surface area contributed by atoms with Crippen LogP contribution in [0, 0.1) is 0 Å². The van der Waals surface area contributed by atoms with E-state index in [1.165, 1.54) is 0 Å². The maximum absolute atomic E-state index is 9.09. The van der Waals surface area contributed by atoms with Gasteiger partial charge in [-0.05, 0) is 52.5 Å². The molecule has 21 heavy (non-hydrogen) atoms. The summed E-state index contributed by atoms with van der Waals surface area (Å²) in [5.74, 6) is 0.754. The van der Waals surface area contributed by atoms with E-state index in [9.17, 15) is 0 Å². The number of hydrogen-bond acceptors (Lipinski definition) is 3. The summed E-state index contributed by atoms with van der Waals surface area (Å²) in [5, 5.41) is 13.7. The van der Waals surface area contributed by atoms with Crippen molar-refractivity contribution in [1.82, 2.24) is 9.78 Å². The fourth-order valence-corrected chi connectivity index (χ4v) is 2.77. The number of nitrogens with zero attached hydrogens (tertiary/aromatic N) is 2. The van der Waals surface area contributed by atoms with Crippen molar-refractivity contribution in [3.05, 3.63) is 46.2 Å². The van der Waals surface area contributed by atoms with E-state index in [1.54, 1.807) is 0 Å². The summed E-state index contributed by atoms with van der Waals surface area (Å²) in [6.45, 7) is 4.81. The molecule has 0 unspecified atom stereocenters. The zero-order valence-electron chi connectivity index (χ0n) is 12.4. The van der Waals surface area contributed by atoms with Crippen molar-refractivity contribution < 1.29 is 9.84 Å². The van der Waals surface area contributed by atoms with Crippen molar-refractivity contribution in [3.8, 4) is 5.75 Å². The van der Waals surface area contributed by atoms with E-state index in [-0.39, 0.29) is 6.61 Å². The van der Waals surface area contributed by atoms with Crippen LogP contribution in [0.5, 0.6) is 5.75 Å². The minimum Gasteiger partial charge on any atom is -0.486 e. The van der Waals surface area contributed by atoms with Crippen molar-refractivity contribution >= 4 is 15.9 Å². The van der Waals surface area contributed by atoms with Crippen LogP contribution >= 0.6 is 15.9 Å². The van der Waals surface area contributed by atoms with Crippen LogP contribution < -0.4 is 4.74 Å². The molecular formula is C16H21BrN2O2. The summed E-state index contributed by atoms with van der Waals surface area (Å²) >= 11 is 3.45. The molecule has 0 atom stereocenters. The molecule has 0 saturated carbocycles. The van der Waals surface area contributed by atoms with E-state index in [2.05, 4.69) is 34.9 Å². The van der Waals surface area contributed by atoms with Gasteiger partial charge in [0.15, 0.2) is 0 Å². The quantitative estimate of drug-likeness (QED) is 0.816. The number of halogens is 1. The molecule has 0 fully saturated rings. The number of aliphatic hydroxyl groups is 1. The third-order valence-corrected chi connectivity index (χ3v) is 4.15. The SMILES string of the molecule is CCC(CC)n1ccc(COc2ccc(CO)cc2Br)n1. The Hall–Kier alpha value is -1.33. The van der Waals surface area contributed by atoms with Crippen LogP contribution in [0.25, 0.3) is 0 Å². The lowest BCUT2D eigenvalue weighted by Crippen LogP contribution is -2.08. The normalized spacial score (nSPS) is 11.1. The fourth-order valence-electron chi connectivity index (χ4n) is 2.23. The number of aromatic nitrogens is 2. The predicted molar refractivity (Wildman–Crippen MR) is 86.2 cm³/mol. The summed E-state index contributed by atoms with van der Waals surface area (Å²) < 4.78 is 8.64. The second kappa shape index (κ2) is 7.61. The van der Waals surface area contributed by atoms with Gasteiger partial charge in [-0.3, -0.25) is 4.68 Å². The minimum atomic E-state index is 0.0265. The Kier molecular flexibility index (Phi) is 5.82. The fraction of sp³-hybridized carbons (Fsp3) is 0.438. The number of aliphatic hydroxyl groups excluding tert-OH is 1. The van der Waals surface area contributed by atoms with E-state index in [1.807, 2.05) is 35.1 Å². The van der Waals surface area contributed by atoms with Gasteiger partial charge in [0.2, 0.25) is 0 Å². The van der Waals surface area contributed by atoms with Gasteiger partial charge in [0.25, 0.3) is 0 Å². The van der Waals surface area contributed by atoms with Crippen LogP contribution in [-0.4, -0.2) is 14.9 Å². The first-order chi connectivity index (χ1) is 10.2. The van der Waals surface area contributed by atoms with Gasteiger partial charge >= 0.3 is 0 Å². The zero-order valence-corrected chi connectivity index (χ0v) is 14.0.